The van der Waals surface area contributed by atoms with Crippen molar-refractivity contribution < 1.29 is 14.3 Å². The summed E-state index contributed by atoms with van der Waals surface area (Å²) in [6, 6.07) is 9.71. The maximum absolute atomic E-state index is 12.7. The number of hydrogen-bond donors (Lipinski definition) is 1. The van der Waals surface area contributed by atoms with Crippen molar-refractivity contribution in [2.75, 3.05) is 0 Å². The van der Waals surface area contributed by atoms with Gasteiger partial charge < -0.3 is 5.11 Å². The normalized spacial score (nSPS) is 10.2. The van der Waals surface area contributed by atoms with Crippen LogP contribution in [0.2, 0.25) is 0 Å². The van der Waals surface area contributed by atoms with Gasteiger partial charge in [-0.2, -0.15) is 0 Å². The first-order chi connectivity index (χ1) is 8.08. The number of phenolic OH excluding ortho intramolecular Hbond substituents is 1. The van der Waals surface area contributed by atoms with Gasteiger partial charge >= 0.3 is 0 Å². The standard InChI is InChI=1S/C13H8BrFO2/c14-12-6-5-10(16)7-11(12)13(17)8-1-3-9(15)4-2-8/h1-7,16H. The second-order valence-corrected chi connectivity index (χ2v) is 4.35. The molecule has 17 heavy (non-hydrogen) atoms. The number of halogens is 2. The summed E-state index contributed by atoms with van der Waals surface area (Å²) in [5, 5.41) is 9.34. The minimum atomic E-state index is -0.392. The van der Waals surface area contributed by atoms with E-state index in [0.717, 1.165) is 0 Å². The molecule has 0 aliphatic rings. The number of hydrogen-bond acceptors (Lipinski definition) is 2. The lowest BCUT2D eigenvalue weighted by Crippen LogP contribution is -2.02. The number of ketones is 1. The van der Waals surface area contributed by atoms with Crippen LogP contribution in [0.1, 0.15) is 15.9 Å². The average Bonchev–Trinajstić information content (AvgIpc) is 2.32. The molecule has 4 heteroatoms. The van der Waals surface area contributed by atoms with Crippen molar-refractivity contribution in [3.63, 3.8) is 0 Å². The van der Waals surface area contributed by atoms with Crippen molar-refractivity contribution in [1.82, 2.24) is 0 Å². The Morgan fingerprint density at radius 3 is 2.41 bits per heavy atom. The molecule has 0 atom stereocenters. The van der Waals surface area contributed by atoms with Crippen molar-refractivity contribution in [2.45, 2.75) is 0 Å². The van der Waals surface area contributed by atoms with E-state index in [1.165, 1.54) is 36.4 Å². The third-order valence-electron chi connectivity index (χ3n) is 2.30. The summed E-state index contributed by atoms with van der Waals surface area (Å²) in [6.07, 6.45) is 0. The second kappa shape index (κ2) is 4.67. The first kappa shape index (κ1) is 11.8. The highest BCUT2D eigenvalue weighted by atomic mass is 79.9. The van der Waals surface area contributed by atoms with E-state index in [4.69, 9.17) is 0 Å². The Balaban J connectivity index is 2.43. The minimum absolute atomic E-state index is 0.0126. The van der Waals surface area contributed by atoms with Crippen LogP contribution in [0.15, 0.2) is 46.9 Å². The molecular formula is C13H8BrFO2. The maximum Gasteiger partial charge on any atom is 0.194 e. The highest BCUT2D eigenvalue weighted by Gasteiger charge is 2.13. The smallest absolute Gasteiger partial charge is 0.194 e. The van der Waals surface area contributed by atoms with Gasteiger partial charge in [-0.3, -0.25) is 4.79 Å². The zero-order valence-electron chi connectivity index (χ0n) is 8.65. The van der Waals surface area contributed by atoms with E-state index < -0.39 is 5.82 Å². The van der Waals surface area contributed by atoms with E-state index in [-0.39, 0.29) is 11.5 Å². The molecule has 0 radical (unpaired) electrons. The molecule has 2 aromatic rings. The van der Waals surface area contributed by atoms with E-state index in [9.17, 15) is 14.3 Å². The molecule has 2 nitrogen and oxygen atoms in total. The largest absolute Gasteiger partial charge is 0.508 e. The Morgan fingerprint density at radius 2 is 1.76 bits per heavy atom. The van der Waals surface area contributed by atoms with E-state index in [1.807, 2.05) is 0 Å². The summed E-state index contributed by atoms with van der Waals surface area (Å²) in [5.74, 6) is -0.650. The first-order valence-electron chi connectivity index (χ1n) is 4.87. The van der Waals surface area contributed by atoms with Crippen LogP contribution in [-0.4, -0.2) is 10.9 Å². The molecule has 0 saturated carbocycles. The molecule has 1 N–H and O–H groups in total. The van der Waals surface area contributed by atoms with Crippen molar-refractivity contribution in [3.8, 4) is 5.75 Å². The fraction of sp³-hybridized carbons (Fsp3) is 0. The number of benzene rings is 2. The van der Waals surface area contributed by atoms with Crippen LogP contribution < -0.4 is 0 Å². The molecular weight excluding hydrogens is 287 g/mol. The molecule has 0 aliphatic carbocycles. The topological polar surface area (TPSA) is 37.3 Å². The fourth-order valence-electron chi connectivity index (χ4n) is 1.44. The molecule has 0 spiro atoms. The Labute approximate surface area is 106 Å². The average molecular weight is 295 g/mol. The number of rotatable bonds is 2. The van der Waals surface area contributed by atoms with Gasteiger partial charge in [0.2, 0.25) is 0 Å². The number of aromatic hydroxyl groups is 1. The van der Waals surface area contributed by atoms with E-state index in [0.29, 0.717) is 15.6 Å². The first-order valence-corrected chi connectivity index (χ1v) is 5.66. The van der Waals surface area contributed by atoms with Crippen molar-refractivity contribution >= 4 is 21.7 Å². The SMILES string of the molecule is O=C(c1ccc(F)cc1)c1cc(O)ccc1Br. The van der Waals surface area contributed by atoms with Crippen molar-refractivity contribution in [3.05, 3.63) is 63.9 Å². The van der Waals surface area contributed by atoms with Gasteiger partial charge in [0.25, 0.3) is 0 Å². The van der Waals surface area contributed by atoms with Gasteiger partial charge in [0.15, 0.2) is 5.78 Å². The lowest BCUT2D eigenvalue weighted by atomic mass is 10.0. The Hall–Kier alpha value is -1.68. The summed E-state index contributed by atoms with van der Waals surface area (Å²) in [5.41, 5.74) is 0.717. The van der Waals surface area contributed by atoms with E-state index >= 15 is 0 Å². The number of carbonyl (C=O) groups is 1. The minimum Gasteiger partial charge on any atom is -0.508 e. The van der Waals surface area contributed by atoms with Crippen LogP contribution in [0.5, 0.6) is 5.75 Å². The maximum atomic E-state index is 12.7. The van der Waals surface area contributed by atoms with Gasteiger partial charge in [-0.05, 0) is 42.5 Å². The highest BCUT2D eigenvalue weighted by Crippen LogP contribution is 2.24. The zero-order valence-corrected chi connectivity index (χ0v) is 10.2. The Morgan fingerprint density at radius 1 is 1.12 bits per heavy atom. The van der Waals surface area contributed by atoms with Crippen LogP contribution in [-0.2, 0) is 0 Å². The highest BCUT2D eigenvalue weighted by molar-refractivity contribution is 9.10. The van der Waals surface area contributed by atoms with Gasteiger partial charge in [-0.15, -0.1) is 0 Å². The van der Waals surface area contributed by atoms with Crippen LogP contribution in [0, 0.1) is 5.82 Å². The molecule has 2 aromatic carbocycles. The molecule has 0 aliphatic heterocycles. The molecule has 2 rings (SSSR count). The molecule has 0 bridgehead atoms. The fourth-order valence-corrected chi connectivity index (χ4v) is 1.87. The van der Waals surface area contributed by atoms with Crippen molar-refractivity contribution in [1.29, 1.82) is 0 Å². The summed E-state index contributed by atoms with van der Waals surface area (Å²) >= 11 is 3.24. The monoisotopic (exact) mass is 294 g/mol. The Bertz CT molecular complexity index is 564. The van der Waals surface area contributed by atoms with Gasteiger partial charge in [-0.1, -0.05) is 15.9 Å². The predicted octanol–water partition coefficient (Wildman–Crippen LogP) is 3.52. The number of phenols is 1. The molecule has 0 unspecified atom stereocenters. The van der Waals surface area contributed by atoms with E-state index in [2.05, 4.69) is 15.9 Å². The third kappa shape index (κ3) is 2.53. The summed E-state index contributed by atoms with van der Waals surface area (Å²) in [7, 11) is 0. The molecule has 86 valence electrons. The van der Waals surface area contributed by atoms with Gasteiger partial charge in [0.1, 0.15) is 11.6 Å². The third-order valence-corrected chi connectivity index (χ3v) is 2.99. The number of carbonyl (C=O) groups excluding carboxylic acids is 1. The van der Waals surface area contributed by atoms with E-state index in [1.54, 1.807) is 6.07 Å². The van der Waals surface area contributed by atoms with Gasteiger partial charge in [0, 0.05) is 15.6 Å². The van der Waals surface area contributed by atoms with Crippen LogP contribution >= 0.6 is 15.9 Å². The molecule has 0 aromatic heterocycles. The van der Waals surface area contributed by atoms with Crippen molar-refractivity contribution in [2.24, 2.45) is 0 Å². The van der Waals surface area contributed by atoms with Gasteiger partial charge in [-0.25, -0.2) is 4.39 Å². The quantitative estimate of drug-likeness (QED) is 0.861. The molecule has 0 fully saturated rings. The summed E-state index contributed by atoms with van der Waals surface area (Å²) < 4.78 is 13.3. The summed E-state index contributed by atoms with van der Waals surface area (Å²) in [4.78, 5) is 12.1. The molecule has 0 amide bonds. The predicted molar refractivity (Wildman–Crippen MR) is 65.6 cm³/mol. The van der Waals surface area contributed by atoms with Crippen LogP contribution in [0.4, 0.5) is 4.39 Å². The van der Waals surface area contributed by atoms with Crippen LogP contribution in [0.25, 0.3) is 0 Å². The van der Waals surface area contributed by atoms with Gasteiger partial charge in [0.05, 0.1) is 0 Å². The molecule has 0 heterocycles. The Kier molecular flexibility index (Phi) is 3.24. The summed E-state index contributed by atoms with van der Waals surface area (Å²) in [6.45, 7) is 0. The zero-order chi connectivity index (χ0) is 12.4. The van der Waals surface area contributed by atoms with Crippen LogP contribution in [0.3, 0.4) is 0 Å². The molecule has 0 saturated heterocycles. The lowest BCUT2D eigenvalue weighted by molar-refractivity contribution is 0.103. The second-order valence-electron chi connectivity index (χ2n) is 3.50. The lowest BCUT2D eigenvalue weighted by Gasteiger charge is -2.04.